The Bertz CT molecular complexity index is 1260. The fourth-order valence-corrected chi connectivity index (χ4v) is 5.45. The average molecular weight is 497 g/mol. The van der Waals surface area contributed by atoms with E-state index in [0.29, 0.717) is 5.69 Å². The largest absolute Gasteiger partial charge is 0.452 e. The monoisotopic (exact) mass is 496 g/mol. The van der Waals surface area contributed by atoms with Crippen LogP contribution >= 0.6 is 11.8 Å². The number of allylic oxidation sites excluding steroid dienone is 2. The third kappa shape index (κ3) is 5.45. The first-order valence-corrected chi connectivity index (χ1v) is 12.1. The number of halogens is 2. The van der Waals surface area contributed by atoms with Gasteiger partial charge in [0.25, 0.3) is 0 Å². The summed E-state index contributed by atoms with van der Waals surface area (Å²) < 4.78 is 36.4. The molecule has 6 nitrogen and oxygen atoms in total. The Balaban J connectivity index is 1.76. The first-order chi connectivity index (χ1) is 16.8. The molecule has 0 unspecified atom stereocenters. The number of benzene rings is 2. The molecule has 2 atom stereocenters. The molecule has 0 aliphatic carbocycles. The summed E-state index contributed by atoms with van der Waals surface area (Å²) in [6.07, 6.45) is 6.46. The normalized spacial score (nSPS) is 16.5. The number of ether oxygens (including phenoxy) is 1. The van der Waals surface area contributed by atoms with Crippen molar-refractivity contribution >= 4 is 29.0 Å². The number of hydrogen-bond donors (Lipinski definition) is 1. The molecule has 0 fully saturated rings. The zero-order chi connectivity index (χ0) is 25.0. The quantitative estimate of drug-likeness (QED) is 0.334. The Morgan fingerprint density at radius 2 is 2.03 bits per heavy atom. The van der Waals surface area contributed by atoms with Crippen LogP contribution in [0.1, 0.15) is 37.8 Å². The van der Waals surface area contributed by atoms with E-state index in [4.69, 9.17) is 10.5 Å². The van der Waals surface area contributed by atoms with Crippen LogP contribution in [0, 0.1) is 17.6 Å². The van der Waals surface area contributed by atoms with Crippen LogP contribution in [0.5, 0.6) is 0 Å². The van der Waals surface area contributed by atoms with Gasteiger partial charge in [-0.2, -0.15) is 5.10 Å². The summed E-state index contributed by atoms with van der Waals surface area (Å²) in [6.45, 7) is 3.16. The second kappa shape index (κ2) is 10.4. The van der Waals surface area contributed by atoms with Gasteiger partial charge in [-0.05, 0) is 58.6 Å². The predicted octanol–water partition coefficient (Wildman–Crippen LogP) is 5.69. The van der Waals surface area contributed by atoms with Gasteiger partial charge in [0.1, 0.15) is 24.3 Å². The smallest absolute Gasteiger partial charge is 0.303 e. The van der Waals surface area contributed by atoms with Gasteiger partial charge in [0.15, 0.2) is 5.60 Å². The maximum Gasteiger partial charge on any atom is 0.303 e. The molecular weight excluding hydrogens is 470 g/mol. The minimum atomic E-state index is -1.49. The van der Waals surface area contributed by atoms with E-state index in [2.05, 4.69) is 21.6 Å². The minimum Gasteiger partial charge on any atom is -0.452 e. The molecule has 182 valence electrons. The van der Waals surface area contributed by atoms with E-state index in [1.807, 2.05) is 31.2 Å². The van der Waals surface area contributed by atoms with Crippen LogP contribution in [-0.4, -0.2) is 20.7 Å². The van der Waals surface area contributed by atoms with E-state index < -0.39 is 29.1 Å². The van der Waals surface area contributed by atoms with E-state index in [0.717, 1.165) is 34.9 Å². The van der Waals surface area contributed by atoms with E-state index in [1.54, 1.807) is 0 Å². The molecule has 9 heteroatoms. The van der Waals surface area contributed by atoms with Crippen molar-refractivity contribution in [2.75, 3.05) is 5.73 Å². The van der Waals surface area contributed by atoms with E-state index in [9.17, 15) is 9.18 Å². The van der Waals surface area contributed by atoms with Gasteiger partial charge in [-0.25, -0.2) is 18.4 Å². The molecule has 1 aliphatic heterocycles. The highest BCUT2D eigenvalue weighted by Gasteiger charge is 2.46. The second-order valence-corrected chi connectivity index (χ2v) is 9.39. The predicted molar refractivity (Wildman–Crippen MR) is 133 cm³/mol. The van der Waals surface area contributed by atoms with Crippen LogP contribution < -0.4 is 5.73 Å². The summed E-state index contributed by atoms with van der Waals surface area (Å²) >= 11 is 1.50. The summed E-state index contributed by atoms with van der Waals surface area (Å²) in [5.41, 5.74) is 7.33. The van der Waals surface area contributed by atoms with Gasteiger partial charge in [0.2, 0.25) is 0 Å². The van der Waals surface area contributed by atoms with E-state index in [1.165, 1.54) is 48.2 Å². The summed E-state index contributed by atoms with van der Waals surface area (Å²) in [6, 6.07) is 11.0. The number of nitrogen functional groups attached to an aromatic ring is 1. The molecule has 3 aromatic rings. The number of esters is 1. The number of carbonyl (C=O) groups is 1. The lowest BCUT2D eigenvalue weighted by Crippen LogP contribution is -2.43. The zero-order valence-electron chi connectivity index (χ0n) is 19.4. The van der Waals surface area contributed by atoms with Gasteiger partial charge in [-0.15, -0.1) is 11.8 Å². The molecule has 2 aromatic carbocycles. The first kappa shape index (κ1) is 24.7. The lowest BCUT2D eigenvalue weighted by Gasteiger charge is -2.39. The van der Waals surface area contributed by atoms with Crippen molar-refractivity contribution < 1.29 is 18.3 Å². The molecular formula is C26H26F2N4O2S. The highest BCUT2D eigenvalue weighted by Crippen LogP contribution is 2.46. The maximum absolute atomic E-state index is 15.2. The van der Waals surface area contributed by atoms with Crippen molar-refractivity contribution in [3.05, 3.63) is 94.3 Å². The van der Waals surface area contributed by atoms with Crippen molar-refractivity contribution in [2.45, 2.75) is 38.8 Å². The summed E-state index contributed by atoms with van der Waals surface area (Å²) in [7, 11) is 0. The Labute approximate surface area is 206 Å². The van der Waals surface area contributed by atoms with Crippen LogP contribution in [-0.2, 0) is 21.7 Å². The number of thioether (sulfide) groups is 1. The fourth-order valence-electron chi connectivity index (χ4n) is 4.31. The van der Waals surface area contributed by atoms with Crippen molar-refractivity contribution in [2.24, 2.45) is 5.92 Å². The Morgan fingerprint density at radius 1 is 1.26 bits per heavy atom. The number of anilines is 1. The van der Waals surface area contributed by atoms with Crippen LogP contribution in [0.4, 0.5) is 14.5 Å². The zero-order valence-corrected chi connectivity index (χ0v) is 20.3. The van der Waals surface area contributed by atoms with Crippen LogP contribution in [0.3, 0.4) is 0 Å². The van der Waals surface area contributed by atoms with Crippen molar-refractivity contribution in [3.8, 4) is 0 Å². The second-order valence-electron chi connectivity index (χ2n) is 8.45. The van der Waals surface area contributed by atoms with Gasteiger partial charge in [0.05, 0.1) is 6.54 Å². The number of nitrogens with two attached hydrogens (primary N) is 1. The summed E-state index contributed by atoms with van der Waals surface area (Å²) in [5, 5.41) is 6.22. The standard InChI is InChI=1S/C26H26F2N4O2S/c1-17(25-5-3-4-20(13-35-25)19-6-9-22(29)10-7-19)26(34-18(2)33,14-32-16-30-15-31-32)23-11-8-21(27)12-24(23)28/h5-13,15-17H,3-4,14,29H2,1-2H3/t17-,26+/m0/s1. The first-order valence-electron chi connectivity index (χ1n) is 11.2. The summed E-state index contributed by atoms with van der Waals surface area (Å²) in [4.78, 5) is 17.2. The highest BCUT2D eigenvalue weighted by molar-refractivity contribution is 8.06. The molecule has 0 spiro atoms. The van der Waals surface area contributed by atoms with Crippen molar-refractivity contribution in [3.63, 3.8) is 0 Å². The molecule has 2 N–H and O–H groups in total. The number of hydrogen-bond acceptors (Lipinski definition) is 6. The number of nitrogens with zero attached hydrogens (tertiary/aromatic N) is 3. The van der Waals surface area contributed by atoms with Crippen molar-refractivity contribution in [1.82, 2.24) is 14.8 Å². The molecule has 0 amide bonds. The van der Waals surface area contributed by atoms with E-state index in [-0.39, 0.29) is 12.1 Å². The topological polar surface area (TPSA) is 83.0 Å². The van der Waals surface area contributed by atoms with Crippen LogP contribution in [0.2, 0.25) is 0 Å². The average Bonchev–Trinajstić information content (AvgIpc) is 3.19. The molecule has 35 heavy (non-hydrogen) atoms. The molecule has 0 saturated carbocycles. The highest BCUT2D eigenvalue weighted by atomic mass is 32.2. The molecule has 4 rings (SSSR count). The van der Waals surface area contributed by atoms with Gasteiger partial charge in [0, 0.05) is 30.2 Å². The van der Waals surface area contributed by atoms with Crippen LogP contribution in [0.15, 0.2) is 71.5 Å². The van der Waals surface area contributed by atoms with Gasteiger partial charge < -0.3 is 10.5 Å². The molecule has 0 saturated heterocycles. The number of carbonyl (C=O) groups excluding carboxylic acids is 1. The number of rotatable bonds is 7. The van der Waals surface area contributed by atoms with Gasteiger partial charge in [-0.1, -0.05) is 25.1 Å². The Kier molecular flexibility index (Phi) is 7.35. The number of aromatic nitrogens is 3. The minimum absolute atomic E-state index is 0.00271. The molecule has 1 aromatic heterocycles. The lowest BCUT2D eigenvalue weighted by atomic mass is 9.80. The molecule has 0 radical (unpaired) electrons. The lowest BCUT2D eigenvalue weighted by molar-refractivity contribution is -0.166. The fraction of sp³-hybridized carbons (Fsp3) is 0.269. The molecule has 1 aliphatic rings. The van der Waals surface area contributed by atoms with E-state index >= 15 is 4.39 Å². The third-order valence-corrected chi connectivity index (χ3v) is 7.28. The SMILES string of the molecule is CC(=O)O[C@@](Cn1cncn1)(c1ccc(F)cc1F)[C@@H](C)C1=CCCC(c2ccc(N)cc2)=CS1. The van der Waals surface area contributed by atoms with Crippen LogP contribution in [0.25, 0.3) is 5.57 Å². The molecule has 0 bridgehead atoms. The van der Waals surface area contributed by atoms with Crippen molar-refractivity contribution in [1.29, 1.82) is 0 Å². The summed E-state index contributed by atoms with van der Waals surface area (Å²) in [5.74, 6) is -2.58. The van der Waals surface area contributed by atoms with Gasteiger partial charge >= 0.3 is 5.97 Å². The third-order valence-electron chi connectivity index (χ3n) is 6.08. The molecule has 2 heterocycles. The van der Waals surface area contributed by atoms with Gasteiger partial charge in [-0.3, -0.25) is 4.79 Å². The Hall–Kier alpha value is -3.46. The Morgan fingerprint density at radius 3 is 2.69 bits per heavy atom. The maximum atomic E-state index is 15.2.